The maximum Gasteiger partial charge on any atom is 0.306 e. The molecule has 0 aliphatic carbocycles. The first-order valence-electron chi connectivity index (χ1n) is 27.2. The van der Waals surface area contributed by atoms with Crippen molar-refractivity contribution in [3.63, 3.8) is 0 Å². The zero-order chi connectivity index (χ0) is 45.8. The number of unbranched alkanes of at least 4 members (excludes halogenated alkanes) is 32. The summed E-state index contributed by atoms with van der Waals surface area (Å²) >= 11 is 0. The minimum absolute atomic E-state index is 0.0788. The van der Waals surface area contributed by atoms with Crippen molar-refractivity contribution in [2.24, 2.45) is 0 Å². The molecule has 63 heavy (non-hydrogen) atoms. The minimum atomic E-state index is -0.781. The van der Waals surface area contributed by atoms with Crippen LogP contribution in [-0.2, 0) is 28.6 Å². The van der Waals surface area contributed by atoms with Gasteiger partial charge in [-0.05, 0) is 64.2 Å². The topological polar surface area (TPSA) is 78.9 Å². The smallest absolute Gasteiger partial charge is 0.306 e. The van der Waals surface area contributed by atoms with Crippen LogP contribution in [0.3, 0.4) is 0 Å². The highest BCUT2D eigenvalue weighted by Gasteiger charge is 2.19. The zero-order valence-electron chi connectivity index (χ0n) is 41.8. The molecule has 0 aromatic rings. The second kappa shape index (κ2) is 52.0. The van der Waals surface area contributed by atoms with E-state index >= 15 is 0 Å². The number of rotatable bonds is 49. The minimum Gasteiger partial charge on any atom is -0.462 e. The number of ether oxygens (including phenoxy) is 3. The molecule has 366 valence electrons. The van der Waals surface area contributed by atoms with E-state index in [1.807, 2.05) is 0 Å². The van der Waals surface area contributed by atoms with Crippen LogP contribution in [0, 0.1) is 0 Å². The Labute approximate surface area is 390 Å². The fraction of sp³-hybridized carbons (Fsp3) is 0.807. The molecule has 0 heterocycles. The van der Waals surface area contributed by atoms with E-state index in [9.17, 15) is 14.4 Å². The summed E-state index contributed by atoms with van der Waals surface area (Å²) in [5.41, 5.74) is 0. The molecule has 0 spiro atoms. The summed E-state index contributed by atoms with van der Waals surface area (Å²) in [6.45, 7) is 6.50. The summed E-state index contributed by atoms with van der Waals surface area (Å²) < 4.78 is 16.8. The van der Waals surface area contributed by atoms with E-state index in [2.05, 4.69) is 69.4 Å². The highest BCUT2D eigenvalue weighted by molar-refractivity contribution is 5.71. The van der Waals surface area contributed by atoms with Crippen molar-refractivity contribution in [3.8, 4) is 0 Å². The molecule has 0 N–H and O–H groups in total. The van der Waals surface area contributed by atoms with Gasteiger partial charge in [0, 0.05) is 19.3 Å². The standard InChI is InChI=1S/C57H102O6/c1-4-7-10-13-16-19-22-25-27-28-30-32-35-38-41-44-47-50-56(59)62-53-54(52-61-55(58)49-46-43-40-37-34-31-24-21-18-15-12-9-6-3)63-57(60)51-48-45-42-39-36-33-29-26-23-20-17-14-11-8-5-2/h9,12,15,18,20-21,23-24,54H,4-8,10-11,13-14,16-17,19,22,25-53H2,1-3H3/b12-9-,18-15-,23-20-,24-21-. The Hall–Kier alpha value is -2.63. The van der Waals surface area contributed by atoms with Gasteiger partial charge in [-0.2, -0.15) is 0 Å². The number of allylic oxidation sites excluding steroid dienone is 8. The van der Waals surface area contributed by atoms with Gasteiger partial charge >= 0.3 is 17.9 Å². The van der Waals surface area contributed by atoms with Crippen LogP contribution in [0.2, 0.25) is 0 Å². The van der Waals surface area contributed by atoms with Gasteiger partial charge in [-0.25, -0.2) is 0 Å². The molecule has 0 aromatic carbocycles. The molecule has 0 aliphatic heterocycles. The highest BCUT2D eigenvalue weighted by atomic mass is 16.6. The normalized spacial score (nSPS) is 12.4. The van der Waals surface area contributed by atoms with Crippen molar-refractivity contribution in [1.29, 1.82) is 0 Å². The van der Waals surface area contributed by atoms with E-state index in [0.717, 1.165) is 83.5 Å². The van der Waals surface area contributed by atoms with E-state index in [4.69, 9.17) is 14.2 Å². The molecule has 0 aromatic heterocycles. The van der Waals surface area contributed by atoms with Crippen molar-refractivity contribution >= 4 is 17.9 Å². The van der Waals surface area contributed by atoms with Gasteiger partial charge in [0.25, 0.3) is 0 Å². The molecule has 0 aliphatic rings. The van der Waals surface area contributed by atoms with E-state index < -0.39 is 6.10 Å². The van der Waals surface area contributed by atoms with E-state index in [1.165, 1.54) is 154 Å². The summed E-state index contributed by atoms with van der Waals surface area (Å²) in [6, 6.07) is 0. The molecule has 0 amide bonds. The predicted molar refractivity (Wildman–Crippen MR) is 270 cm³/mol. The number of esters is 3. The molecular weight excluding hydrogens is 781 g/mol. The first-order chi connectivity index (χ1) is 31.0. The summed E-state index contributed by atoms with van der Waals surface area (Å²) in [7, 11) is 0. The predicted octanol–water partition coefficient (Wildman–Crippen LogP) is 17.9. The van der Waals surface area contributed by atoms with Crippen molar-refractivity contribution in [2.45, 2.75) is 284 Å². The van der Waals surface area contributed by atoms with Gasteiger partial charge in [0.15, 0.2) is 6.10 Å². The van der Waals surface area contributed by atoms with Gasteiger partial charge in [-0.15, -0.1) is 0 Å². The fourth-order valence-electron chi connectivity index (χ4n) is 7.79. The first kappa shape index (κ1) is 60.4. The lowest BCUT2D eigenvalue weighted by Gasteiger charge is -2.18. The first-order valence-corrected chi connectivity index (χ1v) is 27.2. The third kappa shape index (κ3) is 50.2. The van der Waals surface area contributed by atoms with Crippen LogP contribution in [0.25, 0.3) is 0 Å². The van der Waals surface area contributed by atoms with Crippen molar-refractivity contribution in [1.82, 2.24) is 0 Å². The lowest BCUT2D eigenvalue weighted by Crippen LogP contribution is -2.30. The molecular formula is C57H102O6. The van der Waals surface area contributed by atoms with Crippen LogP contribution in [0.1, 0.15) is 278 Å². The van der Waals surface area contributed by atoms with Gasteiger partial charge < -0.3 is 14.2 Å². The summed E-state index contributed by atoms with van der Waals surface area (Å²) in [6.07, 6.45) is 62.4. The number of carbonyl (C=O) groups is 3. The zero-order valence-corrected chi connectivity index (χ0v) is 41.8. The summed E-state index contributed by atoms with van der Waals surface area (Å²) in [4.78, 5) is 38.0. The Morgan fingerprint density at radius 2 is 0.635 bits per heavy atom. The van der Waals surface area contributed by atoms with Crippen LogP contribution in [-0.4, -0.2) is 37.2 Å². The average molecular weight is 883 g/mol. The molecule has 0 saturated heterocycles. The maximum atomic E-state index is 12.8. The van der Waals surface area contributed by atoms with Crippen LogP contribution in [0.5, 0.6) is 0 Å². The molecule has 0 saturated carbocycles. The summed E-state index contributed by atoms with van der Waals surface area (Å²) in [5.74, 6) is -0.894. The third-order valence-electron chi connectivity index (χ3n) is 11.9. The molecule has 0 bridgehead atoms. The number of hydrogen-bond acceptors (Lipinski definition) is 6. The van der Waals surface area contributed by atoms with Crippen LogP contribution in [0.15, 0.2) is 48.6 Å². The molecule has 0 radical (unpaired) electrons. The molecule has 0 rings (SSSR count). The Balaban J connectivity index is 4.36. The monoisotopic (exact) mass is 883 g/mol. The van der Waals surface area contributed by atoms with Gasteiger partial charge in [0.2, 0.25) is 0 Å². The molecule has 0 fully saturated rings. The van der Waals surface area contributed by atoms with Crippen molar-refractivity contribution in [3.05, 3.63) is 48.6 Å². The quantitative estimate of drug-likeness (QED) is 0.0199. The Kier molecular flexibility index (Phi) is 49.8. The Bertz CT molecular complexity index is 1110. The SMILES string of the molecule is CC\C=C/C=C\C=C/CCCCCCCC(=O)OCC(COC(=O)CCCCCCCCCCCCCCCCCCC)OC(=O)CCCCCCCCC/C=C\CCCCCC. The van der Waals surface area contributed by atoms with Crippen molar-refractivity contribution < 1.29 is 28.6 Å². The van der Waals surface area contributed by atoms with E-state index in [1.54, 1.807) is 0 Å². The number of carbonyl (C=O) groups excluding carboxylic acids is 3. The van der Waals surface area contributed by atoms with E-state index in [-0.39, 0.29) is 31.1 Å². The lowest BCUT2D eigenvalue weighted by molar-refractivity contribution is -0.167. The Morgan fingerprint density at radius 1 is 0.333 bits per heavy atom. The second-order valence-electron chi connectivity index (χ2n) is 18.2. The van der Waals surface area contributed by atoms with Gasteiger partial charge in [-0.1, -0.05) is 243 Å². The maximum absolute atomic E-state index is 12.8. The fourth-order valence-corrected chi connectivity index (χ4v) is 7.79. The molecule has 6 heteroatoms. The lowest BCUT2D eigenvalue weighted by atomic mass is 10.0. The summed E-state index contributed by atoms with van der Waals surface area (Å²) in [5, 5.41) is 0. The number of hydrogen-bond donors (Lipinski definition) is 0. The van der Waals surface area contributed by atoms with Crippen LogP contribution in [0.4, 0.5) is 0 Å². The van der Waals surface area contributed by atoms with Gasteiger partial charge in [-0.3, -0.25) is 14.4 Å². The third-order valence-corrected chi connectivity index (χ3v) is 11.9. The Morgan fingerprint density at radius 3 is 1.02 bits per heavy atom. The molecule has 6 nitrogen and oxygen atoms in total. The van der Waals surface area contributed by atoms with Crippen LogP contribution < -0.4 is 0 Å². The molecule has 1 unspecified atom stereocenters. The average Bonchev–Trinajstić information content (AvgIpc) is 3.28. The highest BCUT2D eigenvalue weighted by Crippen LogP contribution is 2.16. The largest absolute Gasteiger partial charge is 0.462 e. The molecule has 1 atom stereocenters. The van der Waals surface area contributed by atoms with Gasteiger partial charge in [0.05, 0.1) is 0 Å². The van der Waals surface area contributed by atoms with Crippen molar-refractivity contribution in [2.75, 3.05) is 13.2 Å². The second-order valence-corrected chi connectivity index (χ2v) is 18.2. The van der Waals surface area contributed by atoms with Crippen LogP contribution >= 0.6 is 0 Å². The van der Waals surface area contributed by atoms with Gasteiger partial charge in [0.1, 0.15) is 13.2 Å². The van der Waals surface area contributed by atoms with E-state index in [0.29, 0.717) is 19.3 Å².